The van der Waals surface area contributed by atoms with Crippen LogP contribution in [0.3, 0.4) is 0 Å². The van der Waals surface area contributed by atoms with Crippen LogP contribution >= 0.6 is 11.3 Å². The Morgan fingerprint density at radius 3 is 2.84 bits per heavy atom. The fourth-order valence-electron chi connectivity index (χ4n) is 2.20. The Morgan fingerprint density at radius 2 is 2.26 bits per heavy atom. The maximum absolute atomic E-state index is 12.4. The van der Waals surface area contributed by atoms with Crippen LogP contribution in [0, 0.1) is 6.92 Å². The molecule has 2 atom stereocenters. The van der Waals surface area contributed by atoms with Crippen molar-refractivity contribution in [1.29, 1.82) is 0 Å². The lowest BCUT2D eigenvalue weighted by Gasteiger charge is -2.15. The zero-order chi connectivity index (χ0) is 14.0. The SMILES string of the molecule is CNCc1cc(S(=O)(=O)NC2CCOC2C)c(C)s1. The molecule has 1 saturated heterocycles. The molecule has 1 aliphatic rings. The lowest BCUT2D eigenvalue weighted by atomic mass is 10.2. The zero-order valence-corrected chi connectivity index (χ0v) is 13.0. The third kappa shape index (κ3) is 3.35. The highest BCUT2D eigenvalue weighted by Crippen LogP contribution is 2.26. The lowest BCUT2D eigenvalue weighted by molar-refractivity contribution is 0.117. The minimum Gasteiger partial charge on any atom is -0.377 e. The van der Waals surface area contributed by atoms with E-state index in [2.05, 4.69) is 10.0 Å². The van der Waals surface area contributed by atoms with Gasteiger partial charge in [-0.2, -0.15) is 0 Å². The van der Waals surface area contributed by atoms with E-state index in [9.17, 15) is 8.42 Å². The van der Waals surface area contributed by atoms with Crippen LogP contribution in [-0.2, 0) is 21.3 Å². The Hall–Kier alpha value is -0.470. The van der Waals surface area contributed by atoms with Gasteiger partial charge < -0.3 is 10.1 Å². The number of sulfonamides is 1. The number of aryl methyl sites for hydroxylation is 1. The molecule has 1 fully saturated rings. The summed E-state index contributed by atoms with van der Waals surface area (Å²) in [6.45, 7) is 5.03. The van der Waals surface area contributed by atoms with Crippen molar-refractivity contribution in [2.75, 3.05) is 13.7 Å². The van der Waals surface area contributed by atoms with E-state index < -0.39 is 10.0 Å². The molecule has 2 N–H and O–H groups in total. The van der Waals surface area contributed by atoms with Gasteiger partial charge in [-0.1, -0.05) is 0 Å². The largest absolute Gasteiger partial charge is 0.377 e. The predicted octanol–water partition coefficient (Wildman–Crippen LogP) is 1.23. The van der Waals surface area contributed by atoms with E-state index in [1.807, 2.05) is 20.9 Å². The Kier molecular flexibility index (Phi) is 4.62. The van der Waals surface area contributed by atoms with Crippen LogP contribution in [-0.4, -0.2) is 34.2 Å². The minimum absolute atomic E-state index is 0.0644. The number of rotatable bonds is 5. The van der Waals surface area contributed by atoms with Crippen molar-refractivity contribution in [3.63, 3.8) is 0 Å². The number of ether oxygens (including phenoxy) is 1. The first-order valence-corrected chi connectivity index (χ1v) is 8.62. The summed E-state index contributed by atoms with van der Waals surface area (Å²) < 4.78 is 32.9. The van der Waals surface area contributed by atoms with Gasteiger partial charge in [-0.05, 0) is 33.4 Å². The molecule has 19 heavy (non-hydrogen) atoms. The summed E-state index contributed by atoms with van der Waals surface area (Å²) in [4.78, 5) is 2.24. The maximum atomic E-state index is 12.4. The van der Waals surface area contributed by atoms with E-state index in [0.717, 1.165) is 16.2 Å². The predicted molar refractivity (Wildman–Crippen MR) is 76.0 cm³/mol. The molecule has 5 nitrogen and oxygen atoms in total. The molecule has 2 rings (SSSR count). The summed E-state index contributed by atoms with van der Waals surface area (Å²) in [7, 11) is -1.61. The van der Waals surface area contributed by atoms with E-state index in [1.165, 1.54) is 11.3 Å². The molecular weight excluding hydrogens is 284 g/mol. The number of thiophene rings is 1. The maximum Gasteiger partial charge on any atom is 0.242 e. The zero-order valence-electron chi connectivity index (χ0n) is 11.4. The first-order valence-electron chi connectivity index (χ1n) is 6.32. The van der Waals surface area contributed by atoms with E-state index in [4.69, 9.17) is 4.74 Å². The van der Waals surface area contributed by atoms with Crippen LogP contribution in [0.5, 0.6) is 0 Å². The molecule has 1 aromatic rings. The summed E-state index contributed by atoms with van der Waals surface area (Å²) in [6, 6.07) is 1.62. The average Bonchev–Trinajstić information content (AvgIpc) is 2.87. The molecule has 2 unspecified atom stereocenters. The standard InChI is InChI=1S/C12H20N2O3S2/c1-8-11(4-5-17-8)14-19(15,16)12-6-10(7-13-3)18-9(12)2/h6,8,11,13-14H,4-5,7H2,1-3H3. The van der Waals surface area contributed by atoms with Gasteiger partial charge in [0.25, 0.3) is 0 Å². The van der Waals surface area contributed by atoms with Gasteiger partial charge in [0.05, 0.1) is 17.0 Å². The van der Waals surface area contributed by atoms with Crippen LogP contribution in [0.4, 0.5) is 0 Å². The van der Waals surface area contributed by atoms with E-state index in [-0.39, 0.29) is 12.1 Å². The molecule has 0 bridgehead atoms. The number of hydrogen-bond acceptors (Lipinski definition) is 5. The quantitative estimate of drug-likeness (QED) is 0.858. The van der Waals surface area contributed by atoms with Gasteiger partial charge in [0.15, 0.2) is 0 Å². The third-order valence-corrected chi connectivity index (χ3v) is 6.04. The molecule has 0 radical (unpaired) electrons. The van der Waals surface area contributed by atoms with Crippen molar-refractivity contribution in [3.8, 4) is 0 Å². The fourth-order valence-corrected chi connectivity index (χ4v) is 5.19. The van der Waals surface area contributed by atoms with Crippen LogP contribution < -0.4 is 10.0 Å². The average molecular weight is 304 g/mol. The monoisotopic (exact) mass is 304 g/mol. The molecule has 0 aliphatic carbocycles. The van der Waals surface area contributed by atoms with Gasteiger partial charge in [-0.25, -0.2) is 13.1 Å². The molecule has 7 heteroatoms. The van der Waals surface area contributed by atoms with Crippen LogP contribution in [0.1, 0.15) is 23.1 Å². The second-order valence-electron chi connectivity index (χ2n) is 4.76. The Bertz CT molecular complexity index is 539. The fraction of sp³-hybridized carbons (Fsp3) is 0.667. The molecule has 0 spiro atoms. The van der Waals surface area contributed by atoms with Gasteiger partial charge in [-0.3, -0.25) is 0 Å². The highest BCUT2D eigenvalue weighted by Gasteiger charge is 2.30. The van der Waals surface area contributed by atoms with Gasteiger partial charge >= 0.3 is 0 Å². The number of hydrogen-bond donors (Lipinski definition) is 2. The topological polar surface area (TPSA) is 67.4 Å². The molecule has 1 aromatic heterocycles. The Labute approximate surface area is 118 Å². The smallest absolute Gasteiger partial charge is 0.242 e. The van der Waals surface area contributed by atoms with Gasteiger partial charge in [0.1, 0.15) is 0 Å². The lowest BCUT2D eigenvalue weighted by Crippen LogP contribution is -2.39. The van der Waals surface area contributed by atoms with Crippen LogP contribution in [0.25, 0.3) is 0 Å². The van der Waals surface area contributed by atoms with Crippen molar-refractivity contribution >= 4 is 21.4 Å². The van der Waals surface area contributed by atoms with Crippen molar-refractivity contribution in [2.24, 2.45) is 0 Å². The normalized spacial score (nSPS) is 23.9. The van der Waals surface area contributed by atoms with E-state index in [1.54, 1.807) is 6.07 Å². The summed E-state index contributed by atoms with van der Waals surface area (Å²) >= 11 is 1.51. The van der Waals surface area contributed by atoms with Crippen molar-refractivity contribution in [1.82, 2.24) is 10.0 Å². The molecule has 1 aliphatic heterocycles. The van der Waals surface area contributed by atoms with Crippen LogP contribution in [0.2, 0.25) is 0 Å². The van der Waals surface area contributed by atoms with Crippen LogP contribution in [0.15, 0.2) is 11.0 Å². The first-order chi connectivity index (χ1) is 8.94. The molecule has 0 amide bonds. The highest BCUT2D eigenvalue weighted by atomic mass is 32.2. The molecule has 0 aromatic carbocycles. The van der Waals surface area contributed by atoms with E-state index in [0.29, 0.717) is 18.0 Å². The second kappa shape index (κ2) is 5.88. The van der Waals surface area contributed by atoms with Crippen molar-refractivity contribution in [3.05, 3.63) is 15.8 Å². The highest BCUT2D eigenvalue weighted by molar-refractivity contribution is 7.89. The Balaban J connectivity index is 2.19. The molecule has 2 heterocycles. The summed E-state index contributed by atoms with van der Waals surface area (Å²) in [5.41, 5.74) is 0. The first kappa shape index (κ1) is 14.9. The summed E-state index contributed by atoms with van der Waals surface area (Å²) in [5.74, 6) is 0. The summed E-state index contributed by atoms with van der Waals surface area (Å²) in [6.07, 6.45) is 0.665. The minimum atomic E-state index is -3.45. The second-order valence-corrected chi connectivity index (χ2v) is 7.78. The summed E-state index contributed by atoms with van der Waals surface area (Å²) in [5, 5.41) is 3.03. The molecule has 108 valence electrons. The molecular formula is C12H20N2O3S2. The van der Waals surface area contributed by atoms with Gasteiger partial charge in [0.2, 0.25) is 10.0 Å². The number of nitrogens with one attached hydrogen (secondary N) is 2. The van der Waals surface area contributed by atoms with Crippen molar-refractivity contribution in [2.45, 2.75) is 43.9 Å². The third-order valence-electron chi connectivity index (χ3n) is 3.25. The van der Waals surface area contributed by atoms with Gasteiger partial charge in [0, 0.05) is 22.9 Å². The molecule has 0 saturated carbocycles. The van der Waals surface area contributed by atoms with E-state index >= 15 is 0 Å². The Morgan fingerprint density at radius 1 is 1.53 bits per heavy atom. The van der Waals surface area contributed by atoms with Crippen molar-refractivity contribution < 1.29 is 13.2 Å². The van der Waals surface area contributed by atoms with Gasteiger partial charge in [-0.15, -0.1) is 11.3 Å².